The van der Waals surface area contributed by atoms with E-state index in [4.69, 9.17) is 0 Å². The van der Waals surface area contributed by atoms with Crippen LogP contribution >= 0.6 is 11.3 Å². The van der Waals surface area contributed by atoms with Gasteiger partial charge >= 0.3 is 0 Å². The normalized spacial score (nSPS) is 15.1. The lowest BCUT2D eigenvalue weighted by molar-refractivity contribution is -0.127. The maximum atomic E-state index is 14.3. The highest BCUT2D eigenvalue weighted by atomic mass is 32.1. The zero-order chi connectivity index (χ0) is 24.2. The molecule has 2 heterocycles. The van der Waals surface area contributed by atoms with Gasteiger partial charge in [-0.3, -0.25) is 14.5 Å². The third kappa shape index (κ3) is 5.15. The Balaban J connectivity index is 1.52. The fourth-order valence-corrected chi connectivity index (χ4v) is 5.75. The van der Waals surface area contributed by atoms with E-state index in [0.29, 0.717) is 5.69 Å². The van der Waals surface area contributed by atoms with E-state index < -0.39 is 11.9 Å². The molecule has 4 aromatic rings. The number of carbonyl (C=O) groups is 2. The number of hydrogen-bond acceptors (Lipinski definition) is 3. The molecule has 0 unspecified atom stereocenters. The van der Waals surface area contributed by atoms with Gasteiger partial charge in [0.2, 0.25) is 11.8 Å². The summed E-state index contributed by atoms with van der Waals surface area (Å²) in [5, 5.41) is 6.04. The van der Waals surface area contributed by atoms with E-state index in [2.05, 4.69) is 10.3 Å². The zero-order valence-corrected chi connectivity index (χ0v) is 20.2. The largest absolute Gasteiger partial charge is 0.361 e. The van der Waals surface area contributed by atoms with Crippen molar-refractivity contribution < 1.29 is 14.0 Å². The highest BCUT2D eigenvalue weighted by Gasteiger charge is 2.35. The minimum absolute atomic E-state index is 0.0825. The van der Waals surface area contributed by atoms with Crippen molar-refractivity contribution in [3.63, 3.8) is 0 Å². The van der Waals surface area contributed by atoms with Crippen molar-refractivity contribution in [3.05, 3.63) is 88.5 Å². The van der Waals surface area contributed by atoms with Gasteiger partial charge in [-0.1, -0.05) is 49.6 Å². The van der Waals surface area contributed by atoms with Gasteiger partial charge in [-0.2, -0.15) is 0 Å². The van der Waals surface area contributed by atoms with Gasteiger partial charge in [-0.25, -0.2) is 4.39 Å². The van der Waals surface area contributed by atoms with Crippen LogP contribution in [0.5, 0.6) is 0 Å². The van der Waals surface area contributed by atoms with Crippen LogP contribution in [0.2, 0.25) is 0 Å². The molecule has 1 atom stereocenters. The lowest BCUT2D eigenvalue weighted by Crippen LogP contribution is -2.47. The predicted octanol–water partition coefficient (Wildman–Crippen LogP) is 6.13. The van der Waals surface area contributed by atoms with E-state index in [1.165, 1.54) is 34.8 Å². The first-order chi connectivity index (χ1) is 17.1. The third-order valence-corrected chi connectivity index (χ3v) is 7.57. The van der Waals surface area contributed by atoms with Crippen LogP contribution in [0.15, 0.2) is 72.2 Å². The minimum Gasteiger partial charge on any atom is -0.361 e. The van der Waals surface area contributed by atoms with Gasteiger partial charge in [0.1, 0.15) is 11.9 Å². The monoisotopic (exact) mass is 489 g/mol. The Morgan fingerprint density at radius 3 is 2.66 bits per heavy atom. The number of benzene rings is 2. The van der Waals surface area contributed by atoms with E-state index in [1.54, 1.807) is 12.1 Å². The van der Waals surface area contributed by atoms with Gasteiger partial charge < -0.3 is 10.3 Å². The van der Waals surface area contributed by atoms with Crippen molar-refractivity contribution in [2.75, 3.05) is 4.90 Å². The third-order valence-electron chi connectivity index (χ3n) is 6.64. The fourth-order valence-electron chi connectivity index (χ4n) is 4.94. The maximum Gasteiger partial charge on any atom is 0.248 e. The van der Waals surface area contributed by atoms with Crippen LogP contribution in [0.4, 0.5) is 10.1 Å². The first kappa shape index (κ1) is 23.3. The first-order valence-electron chi connectivity index (χ1n) is 12.1. The second-order valence-corrected chi connectivity index (χ2v) is 10.0. The molecule has 0 radical (unpaired) electrons. The van der Waals surface area contributed by atoms with Crippen LogP contribution in [0.1, 0.15) is 48.6 Å². The molecule has 1 aliphatic rings. The van der Waals surface area contributed by atoms with Crippen LogP contribution < -0.4 is 10.2 Å². The van der Waals surface area contributed by atoms with Crippen LogP contribution in [-0.4, -0.2) is 22.8 Å². The van der Waals surface area contributed by atoms with Crippen LogP contribution in [0.3, 0.4) is 0 Å². The molecule has 0 bridgehead atoms. The smallest absolute Gasteiger partial charge is 0.248 e. The molecule has 2 N–H and O–H groups in total. The predicted molar refractivity (Wildman–Crippen MR) is 138 cm³/mol. The second-order valence-electron chi connectivity index (χ2n) is 9.04. The van der Waals surface area contributed by atoms with Gasteiger partial charge in [0, 0.05) is 33.7 Å². The Labute approximate surface area is 208 Å². The topological polar surface area (TPSA) is 65.2 Å². The number of halogens is 1. The minimum atomic E-state index is -0.878. The first-order valence-corrected chi connectivity index (χ1v) is 12.9. The second kappa shape index (κ2) is 10.4. The van der Waals surface area contributed by atoms with Crippen molar-refractivity contribution in [1.29, 1.82) is 0 Å². The molecule has 1 fully saturated rings. The number of anilines is 1. The molecule has 5 rings (SSSR count). The number of hydrogen-bond donors (Lipinski definition) is 2. The number of aromatic amines is 1. The number of thiophene rings is 1. The lowest BCUT2D eigenvalue weighted by atomic mass is 9.95. The number of nitrogens with one attached hydrogen (secondary N) is 2. The molecule has 2 amide bonds. The number of para-hydroxylation sites is 1. The number of amides is 2. The summed E-state index contributed by atoms with van der Waals surface area (Å²) in [7, 11) is 0. The summed E-state index contributed by atoms with van der Waals surface area (Å²) in [5.41, 5.74) is 2.15. The summed E-state index contributed by atoms with van der Waals surface area (Å²) >= 11 is 1.42. The molecule has 2 aromatic heterocycles. The Morgan fingerprint density at radius 1 is 1.06 bits per heavy atom. The molecular formula is C28H28FN3O2S. The molecule has 2 aromatic carbocycles. The van der Waals surface area contributed by atoms with E-state index in [9.17, 15) is 14.0 Å². The maximum absolute atomic E-state index is 14.3. The van der Waals surface area contributed by atoms with Crippen molar-refractivity contribution in [3.8, 4) is 0 Å². The zero-order valence-electron chi connectivity index (χ0n) is 19.4. The Hall–Kier alpha value is -3.45. The van der Waals surface area contributed by atoms with Crippen LogP contribution in [0.25, 0.3) is 10.9 Å². The van der Waals surface area contributed by atoms with Crippen LogP contribution in [-0.2, 0) is 16.0 Å². The standard InChI is InChI=1S/C28H28FN3O2S/c29-20-8-6-11-22(17-20)32(26(33)16-19-18-30-24-13-5-4-12-23(19)24)27(25-14-7-15-35-25)28(34)31-21-9-2-1-3-10-21/h4-8,11-15,17-18,21,27,30H,1-3,9-10,16H2,(H,31,34)/t27-/m0/s1. The quantitative estimate of drug-likeness (QED) is 0.328. The fraction of sp³-hybridized carbons (Fsp3) is 0.286. The van der Waals surface area contributed by atoms with Crippen LogP contribution in [0, 0.1) is 5.82 Å². The molecule has 0 spiro atoms. The van der Waals surface area contributed by atoms with Crippen molar-refractivity contribution in [2.24, 2.45) is 0 Å². The van der Waals surface area contributed by atoms with E-state index in [1.807, 2.05) is 48.0 Å². The van der Waals surface area contributed by atoms with Gasteiger partial charge in [0.25, 0.3) is 0 Å². The van der Waals surface area contributed by atoms with Gasteiger partial charge in [0.05, 0.1) is 6.42 Å². The number of rotatable bonds is 7. The molecule has 1 saturated carbocycles. The summed E-state index contributed by atoms with van der Waals surface area (Å²) in [6, 6.07) is 16.7. The Kier molecular flexibility index (Phi) is 6.95. The highest BCUT2D eigenvalue weighted by Crippen LogP contribution is 2.33. The number of aromatic nitrogens is 1. The Morgan fingerprint density at radius 2 is 1.89 bits per heavy atom. The SMILES string of the molecule is O=C(NC1CCCCC1)[C@H](c1cccs1)N(C(=O)Cc1c[nH]c2ccccc12)c1cccc(F)c1. The van der Waals surface area contributed by atoms with E-state index in [0.717, 1.165) is 47.0 Å². The van der Waals surface area contributed by atoms with Gasteiger partial charge in [0.15, 0.2) is 0 Å². The van der Waals surface area contributed by atoms with E-state index >= 15 is 0 Å². The number of fused-ring (bicyclic) bond motifs is 1. The Bertz CT molecular complexity index is 1310. The molecule has 7 heteroatoms. The summed E-state index contributed by atoms with van der Waals surface area (Å²) in [6.07, 6.45) is 7.13. The molecule has 0 aliphatic heterocycles. The molecule has 5 nitrogen and oxygen atoms in total. The average molecular weight is 490 g/mol. The molecule has 1 aliphatic carbocycles. The number of nitrogens with zero attached hydrogens (tertiary/aromatic N) is 1. The van der Waals surface area contributed by atoms with Crippen molar-refractivity contribution in [2.45, 2.75) is 50.6 Å². The molecule has 0 saturated heterocycles. The number of carbonyl (C=O) groups excluding carboxylic acids is 2. The van der Waals surface area contributed by atoms with Gasteiger partial charge in [-0.05, 0) is 54.1 Å². The summed E-state index contributed by atoms with van der Waals surface area (Å²) < 4.78 is 14.3. The molecule has 35 heavy (non-hydrogen) atoms. The highest BCUT2D eigenvalue weighted by molar-refractivity contribution is 7.10. The average Bonchev–Trinajstić information content (AvgIpc) is 3.53. The van der Waals surface area contributed by atoms with Crippen molar-refractivity contribution in [1.82, 2.24) is 10.3 Å². The summed E-state index contributed by atoms with van der Waals surface area (Å²) in [4.78, 5) is 33.1. The van der Waals surface area contributed by atoms with Crippen molar-refractivity contribution >= 4 is 39.7 Å². The molecular weight excluding hydrogens is 461 g/mol. The number of H-pyrrole nitrogens is 1. The van der Waals surface area contributed by atoms with Gasteiger partial charge in [-0.15, -0.1) is 11.3 Å². The summed E-state index contributed by atoms with van der Waals surface area (Å²) in [5.74, 6) is -0.946. The molecule has 180 valence electrons. The summed E-state index contributed by atoms with van der Waals surface area (Å²) in [6.45, 7) is 0. The lowest BCUT2D eigenvalue weighted by Gasteiger charge is -2.33. The van der Waals surface area contributed by atoms with E-state index in [-0.39, 0.29) is 24.3 Å².